The van der Waals surface area contributed by atoms with E-state index < -0.39 is 10.0 Å². The predicted molar refractivity (Wildman–Crippen MR) is 66.4 cm³/mol. The van der Waals surface area contributed by atoms with Crippen LogP contribution in [-0.2, 0) is 10.0 Å². The SMILES string of the molecule is O=S(=O)(c1cnc[nH]1)N(CCO)C1CCCCC1. The molecule has 2 rings (SSSR count). The van der Waals surface area contributed by atoms with Crippen molar-refractivity contribution in [3.63, 3.8) is 0 Å². The predicted octanol–water partition coefficient (Wildman–Crippen LogP) is 0.725. The zero-order chi connectivity index (χ0) is 13.0. The van der Waals surface area contributed by atoms with Crippen LogP contribution in [0.5, 0.6) is 0 Å². The maximum Gasteiger partial charge on any atom is 0.260 e. The van der Waals surface area contributed by atoms with Crippen LogP contribution < -0.4 is 0 Å². The molecular formula is C11H19N3O3S. The van der Waals surface area contributed by atoms with Gasteiger partial charge >= 0.3 is 0 Å². The summed E-state index contributed by atoms with van der Waals surface area (Å²) >= 11 is 0. The molecule has 18 heavy (non-hydrogen) atoms. The van der Waals surface area contributed by atoms with Crippen molar-refractivity contribution >= 4 is 10.0 Å². The third-order valence-corrected chi connectivity index (χ3v) is 5.24. The number of sulfonamides is 1. The Bertz CT molecular complexity index is 452. The third kappa shape index (κ3) is 2.73. The molecule has 0 unspecified atom stereocenters. The van der Waals surface area contributed by atoms with Crippen molar-refractivity contribution in [3.05, 3.63) is 12.5 Å². The minimum absolute atomic E-state index is 0.000741. The molecule has 1 heterocycles. The molecule has 1 aromatic rings. The van der Waals surface area contributed by atoms with E-state index in [0.29, 0.717) is 0 Å². The summed E-state index contributed by atoms with van der Waals surface area (Å²) in [7, 11) is -3.56. The summed E-state index contributed by atoms with van der Waals surface area (Å²) in [5, 5.41) is 9.19. The van der Waals surface area contributed by atoms with Crippen molar-refractivity contribution in [2.75, 3.05) is 13.2 Å². The van der Waals surface area contributed by atoms with Crippen molar-refractivity contribution < 1.29 is 13.5 Å². The zero-order valence-electron chi connectivity index (χ0n) is 10.2. The summed E-state index contributed by atoms with van der Waals surface area (Å²) in [6, 6.07) is -0.000741. The lowest BCUT2D eigenvalue weighted by Gasteiger charge is -2.32. The fraction of sp³-hybridized carbons (Fsp3) is 0.727. The number of hydrogen-bond donors (Lipinski definition) is 2. The fourth-order valence-electron chi connectivity index (χ4n) is 2.48. The fourth-order valence-corrected chi connectivity index (χ4v) is 4.05. The Labute approximate surface area is 107 Å². The molecule has 0 atom stereocenters. The van der Waals surface area contributed by atoms with Gasteiger partial charge in [-0.05, 0) is 12.8 Å². The molecule has 0 bridgehead atoms. The van der Waals surface area contributed by atoms with E-state index in [1.165, 1.54) is 16.8 Å². The number of aliphatic hydroxyl groups excluding tert-OH is 1. The van der Waals surface area contributed by atoms with Gasteiger partial charge in [0.25, 0.3) is 10.0 Å². The highest BCUT2D eigenvalue weighted by molar-refractivity contribution is 7.89. The second-order valence-corrected chi connectivity index (χ2v) is 6.41. The summed E-state index contributed by atoms with van der Waals surface area (Å²) in [5.74, 6) is 0. The molecule has 7 heteroatoms. The van der Waals surface area contributed by atoms with Crippen molar-refractivity contribution in [1.82, 2.24) is 14.3 Å². The minimum Gasteiger partial charge on any atom is -0.395 e. The summed E-state index contributed by atoms with van der Waals surface area (Å²) in [5.41, 5.74) is 0. The van der Waals surface area contributed by atoms with Crippen LogP contribution in [0.1, 0.15) is 32.1 Å². The minimum atomic E-state index is -3.56. The average molecular weight is 273 g/mol. The molecule has 1 aliphatic rings. The lowest BCUT2D eigenvalue weighted by molar-refractivity contribution is 0.199. The monoisotopic (exact) mass is 273 g/mol. The first-order valence-corrected chi connectivity index (χ1v) is 7.71. The molecule has 2 N–H and O–H groups in total. The molecule has 1 aliphatic carbocycles. The number of nitrogens with one attached hydrogen (secondary N) is 1. The van der Waals surface area contributed by atoms with Crippen molar-refractivity contribution in [2.45, 2.75) is 43.2 Å². The van der Waals surface area contributed by atoms with E-state index in [0.717, 1.165) is 32.1 Å². The van der Waals surface area contributed by atoms with Crippen LogP contribution in [0.3, 0.4) is 0 Å². The number of rotatable bonds is 5. The molecule has 1 fully saturated rings. The smallest absolute Gasteiger partial charge is 0.260 e. The summed E-state index contributed by atoms with van der Waals surface area (Å²) in [6.07, 6.45) is 7.65. The Hall–Kier alpha value is -0.920. The van der Waals surface area contributed by atoms with Crippen LogP contribution in [0.15, 0.2) is 17.6 Å². The summed E-state index contributed by atoms with van der Waals surface area (Å²) in [6.45, 7) is -0.0180. The van der Waals surface area contributed by atoms with Crippen molar-refractivity contribution in [2.24, 2.45) is 0 Å². The van der Waals surface area contributed by atoms with Crippen LogP contribution >= 0.6 is 0 Å². The Morgan fingerprint density at radius 1 is 1.39 bits per heavy atom. The lowest BCUT2D eigenvalue weighted by atomic mass is 9.95. The lowest BCUT2D eigenvalue weighted by Crippen LogP contribution is -2.43. The summed E-state index contributed by atoms with van der Waals surface area (Å²) < 4.78 is 26.3. The van der Waals surface area contributed by atoms with Gasteiger partial charge in [-0.1, -0.05) is 19.3 Å². The molecule has 1 saturated carbocycles. The van der Waals surface area contributed by atoms with Crippen LogP contribution in [0, 0.1) is 0 Å². The first kappa shape index (κ1) is 13.5. The Kier molecular flexibility index (Phi) is 4.36. The summed E-state index contributed by atoms with van der Waals surface area (Å²) in [4.78, 5) is 6.39. The van der Waals surface area contributed by atoms with Gasteiger partial charge in [0.1, 0.15) is 0 Å². The molecule has 0 aromatic carbocycles. The van der Waals surface area contributed by atoms with E-state index in [4.69, 9.17) is 5.11 Å². The number of aromatic nitrogens is 2. The van der Waals surface area contributed by atoms with E-state index in [2.05, 4.69) is 9.97 Å². The van der Waals surface area contributed by atoms with Crippen LogP contribution in [0.2, 0.25) is 0 Å². The van der Waals surface area contributed by atoms with E-state index in [1.807, 2.05) is 0 Å². The van der Waals surface area contributed by atoms with Gasteiger partial charge in [0, 0.05) is 12.6 Å². The Morgan fingerprint density at radius 3 is 2.67 bits per heavy atom. The number of aromatic amines is 1. The molecule has 1 aromatic heterocycles. The Morgan fingerprint density at radius 2 is 2.11 bits per heavy atom. The number of H-pyrrole nitrogens is 1. The zero-order valence-corrected chi connectivity index (χ0v) is 11.1. The molecule has 0 radical (unpaired) electrons. The van der Waals surface area contributed by atoms with E-state index in [-0.39, 0.29) is 24.2 Å². The second-order valence-electron chi connectivity index (χ2n) is 4.55. The van der Waals surface area contributed by atoms with Crippen LogP contribution in [0.25, 0.3) is 0 Å². The Balaban J connectivity index is 2.23. The van der Waals surface area contributed by atoms with E-state index >= 15 is 0 Å². The quantitative estimate of drug-likeness (QED) is 0.828. The number of imidazole rings is 1. The van der Waals surface area contributed by atoms with Gasteiger partial charge in [0.15, 0.2) is 5.03 Å². The standard InChI is InChI=1S/C11H19N3O3S/c15-7-6-14(10-4-2-1-3-5-10)18(16,17)11-8-12-9-13-11/h8-10,15H,1-7H2,(H,12,13). The van der Waals surface area contributed by atoms with Gasteiger partial charge in [-0.3, -0.25) is 0 Å². The first-order valence-electron chi connectivity index (χ1n) is 6.27. The highest BCUT2D eigenvalue weighted by atomic mass is 32.2. The molecule has 6 nitrogen and oxygen atoms in total. The number of aliphatic hydroxyl groups is 1. The molecule has 0 saturated heterocycles. The van der Waals surface area contributed by atoms with E-state index in [1.54, 1.807) is 0 Å². The average Bonchev–Trinajstić information content (AvgIpc) is 2.91. The maximum atomic E-state index is 12.4. The van der Waals surface area contributed by atoms with Gasteiger partial charge in [-0.25, -0.2) is 13.4 Å². The van der Waals surface area contributed by atoms with Gasteiger partial charge < -0.3 is 10.1 Å². The molecular weight excluding hydrogens is 254 g/mol. The van der Waals surface area contributed by atoms with Gasteiger partial charge in [0.2, 0.25) is 0 Å². The number of hydrogen-bond acceptors (Lipinski definition) is 4. The largest absolute Gasteiger partial charge is 0.395 e. The first-order chi connectivity index (χ1) is 8.66. The highest BCUT2D eigenvalue weighted by Gasteiger charge is 2.32. The third-order valence-electron chi connectivity index (χ3n) is 3.36. The van der Waals surface area contributed by atoms with Crippen LogP contribution in [-0.4, -0.2) is 47.0 Å². The van der Waals surface area contributed by atoms with Gasteiger partial charge in [0.05, 0.1) is 19.1 Å². The maximum absolute atomic E-state index is 12.4. The molecule has 0 amide bonds. The van der Waals surface area contributed by atoms with Crippen molar-refractivity contribution in [3.8, 4) is 0 Å². The van der Waals surface area contributed by atoms with Crippen LogP contribution in [0.4, 0.5) is 0 Å². The van der Waals surface area contributed by atoms with Crippen molar-refractivity contribution in [1.29, 1.82) is 0 Å². The van der Waals surface area contributed by atoms with Gasteiger partial charge in [-0.15, -0.1) is 0 Å². The molecule has 0 spiro atoms. The normalized spacial score (nSPS) is 18.3. The van der Waals surface area contributed by atoms with E-state index in [9.17, 15) is 8.42 Å². The topological polar surface area (TPSA) is 86.3 Å². The second kappa shape index (κ2) is 5.81. The molecule has 102 valence electrons. The molecule has 0 aliphatic heterocycles. The number of nitrogens with zero attached hydrogens (tertiary/aromatic N) is 2. The van der Waals surface area contributed by atoms with Gasteiger partial charge in [-0.2, -0.15) is 4.31 Å². The highest BCUT2D eigenvalue weighted by Crippen LogP contribution is 2.26.